The lowest BCUT2D eigenvalue weighted by Crippen LogP contribution is -2.42. The second kappa shape index (κ2) is 11.2. The van der Waals surface area contributed by atoms with Gasteiger partial charge in [0.25, 0.3) is 0 Å². The molecule has 1 fully saturated rings. The number of aliphatic hydroxyl groups is 1. The number of hydrogen-bond donors (Lipinski definition) is 3. The van der Waals surface area contributed by atoms with Gasteiger partial charge >= 0.3 is 0 Å². The fourth-order valence-electron chi connectivity index (χ4n) is 5.16. The first-order valence-electron chi connectivity index (χ1n) is 13.7. The lowest BCUT2D eigenvalue weighted by atomic mass is 9.84. The highest BCUT2D eigenvalue weighted by atomic mass is 35.5. The third-order valence-corrected chi connectivity index (χ3v) is 7.87. The van der Waals surface area contributed by atoms with Crippen LogP contribution in [0.15, 0.2) is 91.8 Å². The SMILES string of the molecule is C=C(NCc1ccc(C)nc1)c1ccc(Nc2nc3c(N4CCC(O)(c5ccc(Cl)cc5)CC4)cccn3n2)cc1. The molecule has 3 aromatic heterocycles. The summed E-state index contributed by atoms with van der Waals surface area (Å²) in [5.74, 6) is 0.517. The summed E-state index contributed by atoms with van der Waals surface area (Å²) < 4.78 is 1.79. The van der Waals surface area contributed by atoms with Crippen molar-refractivity contribution in [2.24, 2.45) is 0 Å². The number of anilines is 3. The van der Waals surface area contributed by atoms with Crippen LogP contribution in [0.1, 0.15) is 35.2 Å². The first kappa shape index (κ1) is 26.8. The zero-order chi connectivity index (χ0) is 28.4. The Hall–Kier alpha value is -4.40. The Labute approximate surface area is 244 Å². The summed E-state index contributed by atoms with van der Waals surface area (Å²) in [6.07, 6.45) is 5.00. The minimum atomic E-state index is -0.864. The fraction of sp³-hybridized carbons (Fsp3) is 0.219. The van der Waals surface area contributed by atoms with Gasteiger partial charge in [0.1, 0.15) is 0 Å². The maximum absolute atomic E-state index is 11.3. The van der Waals surface area contributed by atoms with Crippen molar-refractivity contribution < 1.29 is 5.11 Å². The van der Waals surface area contributed by atoms with Gasteiger partial charge < -0.3 is 20.6 Å². The molecule has 0 amide bonds. The molecule has 2 aromatic carbocycles. The van der Waals surface area contributed by atoms with Crippen LogP contribution in [0.3, 0.4) is 0 Å². The van der Waals surface area contributed by atoms with Crippen LogP contribution in [-0.4, -0.2) is 37.8 Å². The lowest BCUT2D eigenvalue weighted by Gasteiger charge is -2.39. The Bertz CT molecular complexity index is 1660. The van der Waals surface area contributed by atoms with Gasteiger partial charge in [-0.25, -0.2) is 4.52 Å². The first-order chi connectivity index (χ1) is 19.9. The van der Waals surface area contributed by atoms with Crippen molar-refractivity contribution in [3.05, 3.63) is 119 Å². The predicted octanol–water partition coefficient (Wildman–Crippen LogP) is 6.08. The third kappa shape index (κ3) is 5.89. The molecule has 1 saturated heterocycles. The molecule has 208 valence electrons. The van der Waals surface area contributed by atoms with E-state index in [-0.39, 0.29) is 0 Å². The van der Waals surface area contributed by atoms with Gasteiger partial charge in [0.15, 0.2) is 5.65 Å². The van der Waals surface area contributed by atoms with E-state index in [1.165, 1.54) is 0 Å². The van der Waals surface area contributed by atoms with E-state index < -0.39 is 5.60 Å². The van der Waals surface area contributed by atoms with Gasteiger partial charge in [-0.3, -0.25) is 4.98 Å². The summed E-state index contributed by atoms with van der Waals surface area (Å²) in [5.41, 5.74) is 6.64. The third-order valence-electron chi connectivity index (χ3n) is 7.62. The Morgan fingerprint density at radius 2 is 1.78 bits per heavy atom. The second-order valence-electron chi connectivity index (χ2n) is 10.5. The number of rotatable bonds is 8. The predicted molar refractivity (Wildman–Crippen MR) is 164 cm³/mol. The van der Waals surface area contributed by atoms with E-state index in [9.17, 15) is 5.11 Å². The molecule has 0 spiro atoms. The molecule has 9 heteroatoms. The van der Waals surface area contributed by atoms with E-state index >= 15 is 0 Å². The summed E-state index contributed by atoms with van der Waals surface area (Å²) >= 11 is 6.04. The minimum Gasteiger partial charge on any atom is -0.385 e. The molecule has 1 aliphatic rings. The van der Waals surface area contributed by atoms with Crippen molar-refractivity contribution in [2.45, 2.75) is 31.9 Å². The van der Waals surface area contributed by atoms with Crippen LogP contribution in [-0.2, 0) is 12.1 Å². The standard InChI is InChI=1S/C32H32ClN7O/c1-22-5-6-24(20-34-22)21-35-23(2)25-7-13-28(14-8-25)36-31-37-30-29(4-3-17-40(30)38-31)39-18-15-32(41,16-19-39)26-9-11-27(33)12-10-26/h3-14,17,20,35,41H,2,15-16,18-19,21H2,1H3,(H,36,38). The number of aromatic nitrogens is 4. The van der Waals surface area contributed by atoms with Crippen molar-refractivity contribution >= 4 is 40.3 Å². The number of halogens is 1. The highest BCUT2D eigenvalue weighted by Gasteiger charge is 2.34. The van der Waals surface area contributed by atoms with Gasteiger partial charge in [-0.2, -0.15) is 4.98 Å². The van der Waals surface area contributed by atoms with Crippen molar-refractivity contribution in [2.75, 3.05) is 23.3 Å². The molecule has 0 aliphatic carbocycles. The molecule has 4 heterocycles. The normalized spacial score (nSPS) is 14.7. The Balaban J connectivity index is 1.10. The Kier molecular flexibility index (Phi) is 7.34. The quantitative estimate of drug-likeness (QED) is 0.210. The number of nitrogens with one attached hydrogen (secondary N) is 2. The van der Waals surface area contributed by atoms with Gasteiger partial charge in [-0.15, -0.1) is 5.10 Å². The molecule has 0 saturated carbocycles. The number of nitrogens with zero attached hydrogens (tertiary/aromatic N) is 5. The van der Waals surface area contributed by atoms with Crippen LogP contribution in [0.25, 0.3) is 11.3 Å². The van der Waals surface area contributed by atoms with E-state index in [0.717, 1.165) is 45.1 Å². The molecule has 5 aromatic rings. The van der Waals surface area contributed by atoms with E-state index in [2.05, 4.69) is 44.3 Å². The highest BCUT2D eigenvalue weighted by Crippen LogP contribution is 2.36. The summed E-state index contributed by atoms with van der Waals surface area (Å²) in [7, 11) is 0. The second-order valence-corrected chi connectivity index (χ2v) is 10.9. The summed E-state index contributed by atoms with van der Waals surface area (Å²) in [5, 5.41) is 23.3. The lowest BCUT2D eigenvalue weighted by molar-refractivity contribution is 0.0118. The zero-order valence-corrected chi connectivity index (χ0v) is 23.6. The van der Waals surface area contributed by atoms with Crippen molar-refractivity contribution in [1.29, 1.82) is 0 Å². The largest absolute Gasteiger partial charge is 0.385 e. The van der Waals surface area contributed by atoms with Crippen LogP contribution in [0, 0.1) is 6.92 Å². The van der Waals surface area contributed by atoms with Crippen molar-refractivity contribution in [3.8, 4) is 0 Å². The Morgan fingerprint density at radius 3 is 2.49 bits per heavy atom. The van der Waals surface area contributed by atoms with E-state index in [0.29, 0.717) is 43.4 Å². The number of piperidine rings is 1. The van der Waals surface area contributed by atoms with Crippen LogP contribution in [0.2, 0.25) is 5.02 Å². The first-order valence-corrected chi connectivity index (χ1v) is 14.0. The summed E-state index contributed by atoms with van der Waals surface area (Å²) in [6, 6.07) is 23.6. The topological polar surface area (TPSA) is 90.6 Å². The molecule has 41 heavy (non-hydrogen) atoms. The molecule has 0 bridgehead atoms. The fourth-order valence-corrected chi connectivity index (χ4v) is 5.28. The van der Waals surface area contributed by atoms with E-state index in [1.54, 1.807) is 4.52 Å². The highest BCUT2D eigenvalue weighted by molar-refractivity contribution is 6.30. The number of hydrogen-bond acceptors (Lipinski definition) is 7. The van der Waals surface area contributed by atoms with E-state index in [4.69, 9.17) is 16.6 Å². The maximum Gasteiger partial charge on any atom is 0.247 e. The van der Waals surface area contributed by atoms with Crippen molar-refractivity contribution in [1.82, 2.24) is 24.9 Å². The minimum absolute atomic E-state index is 0.517. The van der Waals surface area contributed by atoms with Gasteiger partial charge in [0, 0.05) is 54.1 Å². The molecule has 1 aliphatic heterocycles. The van der Waals surface area contributed by atoms with Crippen LogP contribution >= 0.6 is 11.6 Å². The Morgan fingerprint density at radius 1 is 1.02 bits per heavy atom. The molecule has 0 unspecified atom stereocenters. The van der Waals surface area contributed by atoms with Crippen molar-refractivity contribution in [3.63, 3.8) is 0 Å². The average Bonchev–Trinajstić information content (AvgIpc) is 3.40. The smallest absolute Gasteiger partial charge is 0.247 e. The zero-order valence-electron chi connectivity index (χ0n) is 22.9. The maximum atomic E-state index is 11.3. The van der Waals surface area contributed by atoms with Crippen LogP contribution < -0.4 is 15.5 Å². The number of fused-ring (bicyclic) bond motifs is 1. The molecule has 8 nitrogen and oxygen atoms in total. The molecular weight excluding hydrogens is 534 g/mol. The molecule has 0 radical (unpaired) electrons. The number of pyridine rings is 2. The summed E-state index contributed by atoms with van der Waals surface area (Å²) in [6.45, 7) is 8.22. The van der Waals surface area contributed by atoms with E-state index in [1.807, 2.05) is 80.0 Å². The molecule has 3 N–H and O–H groups in total. The van der Waals surface area contributed by atoms with Gasteiger partial charge in [0.05, 0.1) is 11.3 Å². The van der Waals surface area contributed by atoms with Crippen LogP contribution in [0.5, 0.6) is 0 Å². The molecule has 0 atom stereocenters. The van der Waals surface area contributed by atoms with Gasteiger partial charge in [0.2, 0.25) is 5.95 Å². The molecular formula is C32H32ClN7O. The van der Waals surface area contributed by atoms with Crippen LogP contribution in [0.4, 0.5) is 17.3 Å². The number of aryl methyl sites for hydroxylation is 1. The van der Waals surface area contributed by atoms with Gasteiger partial charge in [-0.05, 0) is 78.9 Å². The summed E-state index contributed by atoms with van der Waals surface area (Å²) in [4.78, 5) is 11.4. The molecule has 6 rings (SSSR count). The average molecular weight is 566 g/mol. The number of benzene rings is 2. The van der Waals surface area contributed by atoms with Gasteiger partial charge in [-0.1, -0.05) is 48.5 Å². The monoisotopic (exact) mass is 565 g/mol.